The highest BCUT2D eigenvalue weighted by Gasteiger charge is 2.17. The van der Waals surface area contributed by atoms with Crippen molar-refractivity contribution in [2.45, 2.75) is 6.61 Å². The molecule has 0 unspecified atom stereocenters. The van der Waals surface area contributed by atoms with Crippen molar-refractivity contribution in [2.75, 3.05) is 7.11 Å². The van der Waals surface area contributed by atoms with Gasteiger partial charge < -0.3 is 9.47 Å². The van der Waals surface area contributed by atoms with E-state index >= 15 is 0 Å². The molecule has 0 spiro atoms. The number of fused-ring (bicyclic) bond motifs is 1. The molecule has 3 aromatic carbocycles. The molecule has 0 fully saturated rings. The van der Waals surface area contributed by atoms with Gasteiger partial charge in [0, 0.05) is 10.1 Å². The van der Waals surface area contributed by atoms with Crippen molar-refractivity contribution in [3.8, 4) is 11.5 Å². The molecule has 1 aromatic heterocycles. The van der Waals surface area contributed by atoms with E-state index in [0.29, 0.717) is 22.3 Å². The molecule has 0 aliphatic heterocycles. The lowest BCUT2D eigenvalue weighted by Gasteiger charge is -2.06. The van der Waals surface area contributed by atoms with Crippen molar-refractivity contribution >= 4 is 45.1 Å². The van der Waals surface area contributed by atoms with Gasteiger partial charge in [0.15, 0.2) is 0 Å². The van der Waals surface area contributed by atoms with E-state index in [9.17, 15) is 4.79 Å². The van der Waals surface area contributed by atoms with Gasteiger partial charge in [-0.15, -0.1) is 11.3 Å². The number of hydrazone groups is 1. The van der Waals surface area contributed by atoms with E-state index in [2.05, 4.69) is 10.5 Å². The number of amides is 1. The van der Waals surface area contributed by atoms with Gasteiger partial charge in [0.25, 0.3) is 5.91 Å². The van der Waals surface area contributed by atoms with E-state index in [4.69, 9.17) is 21.1 Å². The second kappa shape index (κ2) is 9.64. The number of benzene rings is 3. The van der Waals surface area contributed by atoms with Crippen molar-refractivity contribution < 1.29 is 14.3 Å². The van der Waals surface area contributed by atoms with Crippen LogP contribution in [0.15, 0.2) is 77.9 Å². The molecule has 0 bridgehead atoms. The summed E-state index contributed by atoms with van der Waals surface area (Å²) in [7, 11) is 1.60. The number of thiophene rings is 1. The number of rotatable bonds is 7. The third-order valence-corrected chi connectivity index (χ3v) is 6.21. The fraction of sp³-hybridized carbons (Fsp3) is 0.0833. The van der Waals surface area contributed by atoms with Gasteiger partial charge in [-0.2, -0.15) is 5.10 Å². The largest absolute Gasteiger partial charge is 0.497 e. The first-order valence-electron chi connectivity index (χ1n) is 9.50. The van der Waals surface area contributed by atoms with Crippen LogP contribution in [0.5, 0.6) is 11.5 Å². The molecule has 156 valence electrons. The van der Waals surface area contributed by atoms with E-state index in [1.54, 1.807) is 13.3 Å². The van der Waals surface area contributed by atoms with Crippen molar-refractivity contribution in [1.29, 1.82) is 0 Å². The minimum absolute atomic E-state index is 0.357. The van der Waals surface area contributed by atoms with Crippen LogP contribution >= 0.6 is 22.9 Å². The normalized spacial score (nSPS) is 11.0. The van der Waals surface area contributed by atoms with Crippen LogP contribution in [0.2, 0.25) is 5.02 Å². The number of carbonyl (C=O) groups excluding carboxylic acids is 1. The highest BCUT2D eigenvalue weighted by atomic mass is 35.5. The predicted octanol–water partition coefficient (Wildman–Crippen LogP) is 5.91. The molecule has 4 aromatic rings. The molecule has 0 saturated heterocycles. The van der Waals surface area contributed by atoms with Crippen LogP contribution in [-0.2, 0) is 6.61 Å². The molecule has 0 aliphatic carbocycles. The Morgan fingerprint density at radius 1 is 1.06 bits per heavy atom. The predicted molar refractivity (Wildman–Crippen MR) is 126 cm³/mol. The second-order valence-corrected chi connectivity index (χ2v) is 8.08. The van der Waals surface area contributed by atoms with Crippen molar-refractivity contribution in [3.05, 3.63) is 93.8 Å². The minimum Gasteiger partial charge on any atom is -0.497 e. The van der Waals surface area contributed by atoms with Gasteiger partial charge >= 0.3 is 0 Å². The number of hydrogen-bond donors (Lipinski definition) is 1. The highest BCUT2D eigenvalue weighted by Crippen LogP contribution is 2.37. The quantitative estimate of drug-likeness (QED) is 0.281. The van der Waals surface area contributed by atoms with Gasteiger partial charge in [-0.25, -0.2) is 5.43 Å². The van der Waals surface area contributed by atoms with Gasteiger partial charge in [-0.05, 0) is 53.6 Å². The first-order chi connectivity index (χ1) is 15.1. The number of halogens is 1. The minimum atomic E-state index is -0.357. The number of nitrogens with zero attached hydrogens (tertiary/aromatic N) is 1. The van der Waals surface area contributed by atoms with Gasteiger partial charge in [-0.1, -0.05) is 41.9 Å². The lowest BCUT2D eigenvalue weighted by molar-refractivity contribution is 0.0959. The molecule has 0 radical (unpaired) electrons. The molecule has 0 aliphatic rings. The average Bonchev–Trinajstić information content (AvgIpc) is 3.15. The topological polar surface area (TPSA) is 59.9 Å². The van der Waals surface area contributed by atoms with Gasteiger partial charge in [-0.3, -0.25) is 4.79 Å². The summed E-state index contributed by atoms with van der Waals surface area (Å²) in [4.78, 5) is 12.9. The SMILES string of the molecule is COc1ccc2c(Cl)c(C(=O)N/N=C/c3ccc(OCc4ccccc4)cc3)sc2c1. The smallest absolute Gasteiger partial charge is 0.283 e. The molecule has 1 amide bonds. The summed E-state index contributed by atoms with van der Waals surface area (Å²) in [5.74, 6) is 1.12. The fourth-order valence-electron chi connectivity index (χ4n) is 2.93. The number of nitrogens with one attached hydrogen (secondary N) is 1. The monoisotopic (exact) mass is 450 g/mol. The molecule has 5 nitrogen and oxygen atoms in total. The maximum absolute atomic E-state index is 12.5. The first kappa shape index (κ1) is 20.9. The number of methoxy groups -OCH3 is 1. The van der Waals surface area contributed by atoms with E-state index in [1.807, 2.05) is 72.8 Å². The van der Waals surface area contributed by atoms with Gasteiger partial charge in [0.05, 0.1) is 18.3 Å². The Kier molecular flexibility index (Phi) is 6.50. The maximum Gasteiger partial charge on any atom is 0.283 e. The second-order valence-electron chi connectivity index (χ2n) is 6.65. The van der Waals surface area contributed by atoms with Crippen molar-refractivity contribution in [1.82, 2.24) is 5.43 Å². The molecule has 1 N–H and O–H groups in total. The fourth-order valence-corrected chi connectivity index (χ4v) is 4.36. The van der Waals surface area contributed by atoms with Crippen molar-refractivity contribution in [3.63, 3.8) is 0 Å². The summed E-state index contributed by atoms with van der Waals surface area (Å²) in [5.41, 5.74) is 4.47. The van der Waals surface area contributed by atoms with E-state index < -0.39 is 0 Å². The summed E-state index contributed by atoms with van der Waals surface area (Å²) in [6, 6.07) is 22.9. The molecule has 1 heterocycles. The number of carbonyl (C=O) groups is 1. The molecule has 7 heteroatoms. The van der Waals surface area contributed by atoms with Crippen LogP contribution in [0.4, 0.5) is 0 Å². The van der Waals surface area contributed by atoms with Crippen LogP contribution < -0.4 is 14.9 Å². The maximum atomic E-state index is 12.5. The first-order valence-corrected chi connectivity index (χ1v) is 10.7. The molecule has 4 rings (SSSR count). The Hall–Kier alpha value is -3.35. The molecule has 31 heavy (non-hydrogen) atoms. The Balaban J connectivity index is 1.36. The molecule has 0 saturated carbocycles. The standard InChI is InChI=1S/C24H19ClN2O3S/c1-29-19-11-12-20-21(13-19)31-23(22(20)25)24(28)27-26-14-16-7-9-18(10-8-16)30-15-17-5-3-2-4-6-17/h2-14H,15H2,1H3,(H,27,28)/b26-14+. The van der Waals surface area contributed by atoms with E-state index in [0.717, 1.165) is 27.0 Å². The van der Waals surface area contributed by atoms with Crippen LogP contribution in [-0.4, -0.2) is 19.2 Å². The van der Waals surface area contributed by atoms with Crippen LogP contribution in [0.1, 0.15) is 20.8 Å². The summed E-state index contributed by atoms with van der Waals surface area (Å²) < 4.78 is 11.9. The summed E-state index contributed by atoms with van der Waals surface area (Å²) in [6.07, 6.45) is 1.57. The third-order valence-electron chi connectivity index (χ3n) is 4.55. The lowest BCUT2D eigenvalue weighted by Crippen LogP contribution is -2.16. The zero-order valence-electron chi connectivity index (χ0n) is 16.7. The van der Waals surface area contributed by atoms with Crippen LogP contribution in [0.3, 0.4) is 0 Å². The highest BCUT2D eigenvalue weighted by molar-refractivity contribution is 7.21. The summed E-state index contributed by atoms with van der Waals surface area (Å²) >= 11 is 7.68. The Bertz CT molecular complexity index is 1220. The average molecular weight is 451 g/mol. The van der Waals surface area contributed by atoms with E-state index in [-0.39, 0.29) is 5.91 Å². The summed E-state index contributed by atoms with van der Waals surface area (Å²) in [6.45, 7) is 0.506. The molecular weight excluding hydrogens is 432 g/mol. The van der Waals surface area contributed by atoms with E-state index in [1.165, 1.54) is 11.3 Å². The molecular formula is C24H19ClN2O3S. The van der Waals surface area contributed by atoms with Gasteiger partial charge in [0.1, 0.15) is 23.0 Å². The molecule has 0 atom stereocenters. The van der Waals surface area contributed by atoms with Crippen LogP contribution in [0, 0.1) is 0 Å². The number of ether oxygens (including phenoxy) is 2. The van der Waals surface area contributed by atoms with Crippen LogP contribution in [0.25, 0.3) is 10.1 Å². The third kappa shape index (κ3) is 5.05. The lowest BCUT2D eigenvalue weighted by atomic mass is 10.2. The Morgan fingerprint density at radius 2 is 1.81 bits per heavy atom. The van der Waals surface area contributed by atoms with Gasteiger partial charge in [0.2, 0.25) is 0 Å². The number of hydrogen-bond acceptors (Lipinski definition) is 5. The summed E-state index contributed by atoms with van der Waals surface area (Å²) in [5, 5.41) is 5.27. The Morgan fingerprint density at radius 3 is 2.55 bits per heavy atom. The zero-order chi connectivity index (χ0) is 21.6. The zero-order valence-corrected chi connectivity index (χ0v) is 18.2. The van der Waals surface area contributed by atoms with Crippen molar-refractivity contribution in [2.24, 2.45) is 5.10 Å². The Labute approximate surface area is 188 Å².